The van der Waals surface area contributed by atoms with Crippen molar-refractivity contribution < 1.29 is 18.0 Å². The molecule has 0 saturated carbocycles. The van der Waals surface area contributed by atoms with E-state index < -0.39 is 18.3 Å². The van der Waals surface area contributed by atoms with E-state index in [4.69, 9.17) is 11.6 Å². The molecule has 0 bridgehead atoms. The summed E-state index contributed by atoms with van der Waals surface area (Å²) in [5, 5.41) is 7.65. The molecule has 1 aliphatic rings. The van der Waals surface area contributed by atoms with Gasteiger partial charge in [-0.3, -0.25) is 4.79 Å². The highest BCUT2D eigenvalue weighted by Gasteiger charge is 2.47. The number of ketones is 1. The second-order valence-corrected chi connectivity index (χ2v) is 9.67. The number of carbonyl (C=O) groups is 1. The van der Waals surface area contributed by atoms with Gasteiger partial charge in [0, 0.05) is 23.8 Å². The molecule has 1 N–H and O–H groups in total. The second kappa shape index (κ2) is 10.4. The fraction of sp³-hybridized carbons (Fsp3) is 0.241. The first-order chi connectivity index (χ1) is 17.8. The van der Waals surface area contributed by atoms with Crippen LogP contribution in [0.2, 0.25) is 5.02 Å². The van der Waals surface area contributed by atoms with Crippen molar-refractivity contribution in [3.63, 3.8) is 0 Å². The van der Waals surface area contributed by atoms with E-state index in [2.05, 4.69) is 10.4 Å². The Bertz CT molecular complexity index is 1320. The molecule has 0 aliphatic carbocycles. The summed E-state index contributed by atoms with van der Waals surface area (Å²) in [4.78, 5) is 13.4. The van der Waals surface area contributed by atoms with Crippen molar-refractivity contribution in [1.82, 2.24) is 9.78 Å². The number of anilines is 1. The predicted molar refractivity (Wildman–Crippen MR) is 138 cm³/mol. The predicted octanol–water partition coefficient (Wildman–Crippen LogP) is 7.99. The van der Waals surface area contributed by atoms with Crippen LogP contribution < -0.4 is 5.32 Å². The van der Waals surface area contributed by atoms with Crippen LogP contribution in [0, 0.1) is 0 Å². The lowest BCUT2D eigenvalue weighted by Gasteiger charge is -2.34. The van der Waals surface area contributed by atoms with Gasteiger partial charge in [-0.05, 0) is 35.2 Å². The van der Waals surface area contributed by atoms with E-state index in [0.29, 0.717) is 17.0 Å². The Balaban J connectivity index is 1.42. The fourth-order valence-electron chi connectivity index (χ4n) is 4.99. The number of Topliss-reactive ketones (excluding diaryl/α,β-unsaturated/α-hetero) is 1. The Morgan fingerprint density at radius 1 is 0.973 bits per heavy atom. The minimum absolute atomic E-state index is 0.0181. The van der Waals surface area contributed by atoms with E-state index in [1.54, 1.807) is 24.3 Å². The molecule has 5 rings (SSSR count). The van der Waals surface area contributed by atoms with E-state index in [0.717, 1.165) is 15.8 Å². The van der Waals surface area contributed by atoms with Crippen molar-refractivity contribution in [2.24, 2.45) is 0 Å². The summed E-state index contributed by atoms with van der Waals surface area (Å²) in [6.45, 7) is 0. The summed E-state index contributed by atoms with van der Waals surface area (Å²) < 4.78 is 43.0. The Hall–Kier alpha value is -3.58. The Labute approximate surface area is 218 Å². The average molecular weight is 524 g/mol. The number of benzene rings is 3. The van der Waals surface area contributed by atoms with Gasteiger partial charge >= 0.3 is 6.18 Å². The quantitative estimate of drug-likeness (QED) is 0.250. The van der Waals surface area contributed by atoms with E-state index in [1.165, 1.54) is 6.20 Å². The topological polar surface area (TPSA) is 46.9 Å². The number of carbonyl (C=O) groups excluding carboxylic acids is 1. The summed E-state index contributed by atoms with van der Waals surface area (Å²) in [7, 11) is 0. The fourth-order valence-corrected chi connectivity index (χ4v) is 5.11. The van der Waals surface area contributed by atoms with Crippen LogP contribution in [0.25, 0.3) is 0 Å². The van der Waals surface area contributed by atoms with Gasteiger partial charge in [0.2, 0.25) is 0 Å². The summed E-state index contributed by atoms with van der Waals surface area (Å²) in [6.07, 6.45) is -2.82. The van der Waals surface area contributed by atoms with Gasteiger partial charge < -0.3 is 5.32 Å². The third-order valence-corrected chi connectivity index (χ3v) is 7.13. The van der Waals surface area contributed by atoms with Gasteiger partial charge in [-0.1, -0.05) is 84.4 Å². The summed E-state index contributed by atoms with van der Waals surface area (Å²) in [5.41, 5.74) is 3.00. The van der Waals surface area contributed by atoms with Gasteiger partial charge in [0.15, 0.2) is 11.8 Å². The van der Waals surface area contributed by atoms with Crippen LogP contribution in [-0.2, 0) is 0 Å². The first kappa shape index (κ1) is 25.1. The number of nitrogens with one attached hydrogen (secondary N) is 1. The van der Waals surface area contributed by atoms with Crippen LogP contribution in [0.15, 0.2) is 91.1 Å². The molecule has 0 spiro atoms. The van der Waals surface area contributed by atoms with E-state index in [-0.39, 0.29) is 35.9 Å². The molecule has 2 heterocycles. The van der Waals surface area contributed by atoms with Gasteiger partial charge in [0.05, 0.1) is 17.8 Å². The summed E-state index contributed by atoms with van der Waals surface area (Å²) >= 11 is 5.97. The molecule has 4 aromatic rings. The first-order valence-electron chi connectivity index (χ1n) is 12.1. The molecule has 1 aromatic heterocycles. The lowest BCUT2D eigenvalue weighted by atomic mass is 9.86. The van der Waals surface area contributed by atoms with Crippen LogP contribution >= 0.6 is 11.6 Å². The largest absolute Gasteiger partial charge is 0.410 e. The maximum Gasteiger partial charge on any atom is 0.410 e. The van der Waals surface area contributed by atoms with E-state index in [9.17, 15) is 18.0 Å². The van der Waals surface area contributed by atoms with Crippen LogP contribution in [0.1, 0.15) is 64.3 Å². The molecule has 0 amide bonds. The lowest BCUT2D eigenvalue weighted by Crippen LogP contribution is -2.36. The zero-order chi connectivity index (χ0) is 26.0. The number of alkyl halides is 3. The second-order valence-electron chi connectivity index (χ2n) is 9.23. The number of fused-ring (bicyclic) bond motifs is 1. The van der Waals surface area contributed by atoms with Gasteiger partial charge in [0.1, 0.15) is 5.82 Å². The highest BCUT2D eigenvalue weighted by Crippen LogP contribution is 2.44. The van der Waals surface area contributed by atoms with E-state index in [1.807, 2.05) is 60.7 Å². The van der Waals surface area contributed by atoms with Crippen molar-refractivity contribution in [3.8, 4) is 0 Å². The number of hydrogen-bond donors (Lipinski definition) is 1. The number of nitrogens with zero attached hydrogens (tertiary/aromatic N) is 2. The zero-order valence-corrected chi connectivity index (χ0v) is 20.6. The number of rotatable bonds is 7. The van der Waals surface area contributed by atoms with Crippen LogP contribution in [-0.4, -0.2) is 21.7 Å². The highest BCUT2D eigenvalue weighted by molar-refractivity contribution is 6.30. The third kappa shape index (κ3) is 5.42. The molecular weight excluding hydrogens is 499 g/mol. The Kier molecular flexibility index (Phi) is 7.07. The summed E-state index contributed by atoms with van der Waals surface area (Å²) in [5.74, 6) is -0.159. The van der Waals surface area contributed by atoms with E-state index >= 15 is 0 Å². The molecule has 4 nitrogen and oxygen atoms in total. The normalized spacial score (nSPS) is 17.3. The number of halogens is 4. The Morgan fingerprint density at radius 2 is 1.57 bits per heavy atom. The van der Waals surface area contributed by atoms with Crippen molar-refractivity contribution in [2.45, 2.75) is 43.4 Å². The number of hydrogen-bond acceptors (Lipinski definition) is 3. The monoisotopic (exact) mass is 523 g/mol. The molecule has 0 radical (unpaired) electrons. The molecule has 190 valence electrons. The van der Waals surface area contributed by atoms with Crippen molar-refractivity contribution in [1.29, 1.82) is 0 Å². The first-order valence-corrected chi connectivity index (χ1v) is 12.5. The maximum atomic E-state index is 14.0. The van der Waals surface area contributed by atoms with Crippen LogP contribution in [0.3, 0.4) is 0 Å². The minimum atomic E-state index is -4.51. The molecular formula is C29H25ClF3N3O. The minimum Gasteiger partial charge on any atom is -0.363 e. The van der Waals surface area contributed by atoms with Crippen LogP contribution in [0.4, 0.5) is 19.0 Å². The van der Waals surface area contributed by atoms with Gasteiger partial charge in [-0.2, -0.15) is 18.3 Å². The molecule has 1 aliphatic heterocycles. The smallest absolute Gasteiger partial charge is 0.363 e. The third-order valence-electron chi connectivity index (χ3n) is 6.88. The Morgan fingerprint density at radius 3 is 2.14 bits per heavy atom. The standard InChI is InChI=1S/C29H25ClF3N3O/c30-22-13-11-21(12-14-22)25-17-27(29(31,32)33)36-28(35-25)24(18-34-36)26(37)16-15-23(19-7-3-1-4-8-19)20-9-5-2-6-10-20/h1-14,18,23,25,27,35H,15-17H2. The molecule has 2 unspecified atom stereocenters. The molecule has 37 heavy (non-hydrogen) atoms. The molecule has 3 aromatic carbocycles. The van der Waals surface area contributed by atoms with Crippen LogP contribution in [0.5, 0.6) is 0 Å². The molecule has 2 atom stereocenters. The molecule has 8 heteroatoms. The molecule has 0 fully saturated rings. The van der Waals surface area contributed by atoms with Crippen molar-refractivity contribution >= 4 is 23.2 Å². The average Bonchev–Trinajstić information content (AvgIpc) is 3.33. The van der Waals surface area contributed by atoms with Crippen molar-refractivity contribution in [2.75, 3.05) is 5.32 Å². The van der Waals surface area contributed by atoms with Gasteiger partial charge in [-0.15, -0.1) is 0 Å². The number of aromatic nitrogens is 2. The van der Waals surface area contributed by atoms with Gasteiger partial charge in [-0.25, -0.2) is 4.68 Å². The summed E-state index contributed by atoms with van der Waals surface area (Å²) in [6, 6.07) is 24.0. The van der Waals surface area contributed by atoms with Gasteiger partial charge in [0.25, 0.3) is 0 Å². The lowest BCUT2D eigenvalue weighted by molar-refractivity contribution is -0.173. The maximum absolute atomic E-state index is 14.0. The SMILES string of the molecule is O=C(CCC(c1ccccc1)c1ccccc1)c1cnn2c1NC(c1ccc(Cl)cc1)CC2C(F)(F)F. The van der Waals surface area contributed by atoms with Crippen molar-refractivity contribution in [3.05, 3.63) is 118 Å². The zero-order valence-electron chi connectivity index (χ0n) is 19.8. The molecule has 0 saturated heterocycles. The highest BCUT2D eigenvalue weighted by atomic mass is 35.5.